The van der Waals surface area contributed by atoms with Gasteiger partial charge in [0.25, 0.3) is 0 Å². The van der Waals surface area contributed by atoms with Crippen LogP contribution in [-0.2, 0) is 26.1 Å². The zero-order chi connectivity index (χ0) is 23.5. The summed E-state index contributed by atoms with van der Waals surface area (Å²) in [5.41, 5.74) is 4.30. The molecule has 178 valence electrons. The number of aryl methyl sites for hydroxylation is 2. The maximum atomic E-state index is 14.2. The van der Waals surface area contributed by atoms with Gasteiger partial charge in [-0.05, 0) is 61.8 Å². The van der Waals surface area contributed by atoms with E-state index in [1.54, 1.807) is 0 Å². The zero-order valence-electron chi connectivity index (χ0n) is 20.3. The van der Waals surface area contributed by atoms with E-state index in [9.17, 15) is 4.79 Å². The number of benzene rings is 2. The highest BCUT2D eigenvalue weighted by molar-refractivity contribution is 5.88. The second-order valence-corrected chi connectivity index (χ2v) is 10.0. The van der Waals surface area contributed by atoms with E-state index in [-0.39, 0.29) is 11.8 Å². The Kier molecular flexibility index (Phi) is 6.66. The molecule has 1 aromatic heterocycles. The standard InChI is InChI=1S/C29H34N2O3/c1-21-13-22(2)15-27(14-21)29(6-10-33-11-7-29)28(32)31-9-12-34-20-24(19-31)16-23-3-4-25-5-8-30-18-26(25)17-23/h3-5,8,13-15,17-18,24H,6-7,9-12,16,19-20H2,1-2H3/t24-/m1/s1. The van der Waals surface area contributed by atoms with Crippen LogP contribution in [0.3, 0.4) is 0 Å². The van der Waals surface area contributed by atoms with Crippen molar-refractivity contribution in [2.45, 2.75) is 38.5 Å². The molecule has 2 aliphatic heterocycles. The molecule has 0 saturated carbocycles. The van der Waals surface area contributed by atoms with Gasteiger partial charge in [-0.2, -0.15) is 0 Å². The van der Waals surface area contributed by atoms with Crippen molar-refractivity contribution in [3.63, 3.8) is 0 Å². The van der Waals surface area contributed by atoms with E-state index in [1.165, 1.54) is 22.1 Å². The summed E-state index contributed by atoms with van der Waals surface area (Å²) in [4.78, 5) is 20.6. The largest absolute Gasteiger partial charge is 0.381 e. The molecule has 2 saturated heterocycles. The molecule has 2 fully saturated rings. The number of carbonyl (C=O) groups is 1. The molecule has 3 heterocycles. The Labute approximate surface area is 202 Å². The highest BCUT2D eigenvalue weighted by Crippen LogP contribution is 2.38. The lowest BCUT2D eigenvalue weighted by atomic mass is 9.72. The van der Waals surface area contributed by atoms with Crippen LogP contribution >= 0.6 is 0 Å². The molecule has 0 spiro atoms. The van der Waals surface area contributed by atoms with Crippen LogP contribution in [0.25, 0.3) is 10.8 Å². The third-order valence-corrected chi connectivity index (χ3v) is 7.38. The van der Waals surface area contributed by atoms with Crippen LogP contribution in [0, 0.1) is 19.8 Å². The molecule has 5 heteroatoms. The monoisotopic (exact) mass is 458 g/mol. The molecule has 0 aliphatic carbocycles. The topological polar surface area (TPSA) is 51.7 Å². The molecule has 0 N–H and O–H groups in total. The molecule has 1 atom stereocenters. The molecule has 2 aromatic carbocycles. The summed E-state index contributed by atoms with van der Waals surface area (Å²) in [5, 5.41) is 2.35. The first kappa shape index (κ1) is 23.0. The Morgan fingerprint density at radius 1 is 1.00 bits per heavy atom. The lowest BCUT2D eigenvalue weighted by Crippen LogP contribution is -2.51. The third-order valence-electron chi connectivity index (χ3n) is 7.38. The fourth-order valence-electron chi connectivity index (χ4n) is 5.68. The van der Waals surface area contributed by atoms with Crippen molar-refractivity contribution in [2.24, 2.45) is 5.92 Å². The molecule has 3 aromatic rings. The molecule has 0 bridgehead atoms. The van der Waals surface area contributed by atoms with Crippen molar-refractivity contribution in [3.8, 4) is 0 Å². The molecule has 0 radical (unpaired) electrons. The van der Waals surface area contributed by atoms with Crippen LogP contribution < -0.4 is 0 Å². The number of pyridine rings is 1. The Balaban J connectivity index is 1.39. The van der Waals surface area contributed by atoms with Gasteiger partial charge in [-0.1, -0.05) is 41.5 Å². The fraction of sp³-hybridized carbons (Fsp3) is 0.448. The average Bonchev–Trinajstić information content (AvgIpc) is 3.09. The lowest BCUT2D eigenvalue weighted by Gasteiger charge is -2.40. The number of nitrogens with zero attached hydrogens (tertiary/aromatic N) is 2. The molecule has 1 amide bonds. The van der Waals surface area contributed by atoms with Gasteiger partial charge >= 0.3 is 0 Å². The van der Waals surface area contributed by atoms with Crippen molar-refractivity contribution in [1.82, 2.24) is 9.88 Å². The SMILES string of the molecule is Cc1cc(C)cc(C2(C(=O)N3CCOC[C@H](Cc4ccc5ccncc5c4)C3)CCOCC2)c1. The first-order chi connectivity index (χ1) is 16.5. The number of amides is 1. The number of ether oxygens (including phenoxy) is 2. The van der Waals surface area contributed by atoms with Gasteiger partial charge in [-0.3, -0.25) is 9.78 Å². The van der Waals surface area contributed by atoms with E-state index in [0.717, 1.165) is 36.8 Å². The quantitative estimate of drug-likeness (QED) is 0.573. The van der Waals surface area contributed by atoms with E-state index in [1.807, 2.05) is 18.5 Å². The minimum absolute atomic E-state index is 0.235. The number of carbonyl (C=O) groups excluding carboxylic acids is 1. The molecular weight excluding hydrogens is 424 g/mol. The molecule has 5 nitrogen and oxygen atoms in total. The highest BCUT2D eigenvalue weighted by atomic mass is 16.5. The van der Waals surface area contributed by atoms with Gasteiger partial charge in [-0.15, -0.1) is 0 Å². The minimum Gasteiger partial charge on any atom is -0.381 e. The van der Waals surface area contributed by atoms with Gasteiger partial charge in [0.2, 0.25) is 5.91 Å². The maximum Gasteiger partial charge on any atom is 0.233 e. The van der Waals surface area contributed by atoms with E-state index in [4.69, 9.17) is 9.47 Å². The predicted octanol–water partition coefficient (Wildman–Crippen LogP) is 4.62. The number of aromatic nitrogens is 1. The minimum atomic E-state index is -0.515. The summed E-state index contributed by atoms with van der Waals surface area (Å²) >= 11 is 0. The zero-order valence-corrected chi connectivity index (χ0v) is 20.3. The summed E-state index contributed by atoms with van der Waals surface area (Å²) in [6.07, 6.45) is 6.08. The number of hydrogen-bond donors (Lipinski definition) is 0. The first-order valence-corrected chi connectivity index (χ1v) is 12.4. The lowest BCUT2D eigenvalue weighted by molar-refractivity contribution is -0.141. The summed E-state index contributed by atoms with van der Waals surface area (Å²) in [5.74, 6) is 0.496. The van der Waals surface area contributed by atoms with Crippen LogP contribution in [0.5, 0.6) is 0 Å². The van der Waals surface area contributed by atoms with E-state index in [2.05, 4.69) is 60.1 Å². The highest BCUT2D eigenvalue weighted by Gasteiger charge is 2.44. The second-order valence-electron chi connectivity index (χ2n) is 10.0. The Hall–Kier alpha value is -2.76. The third kappa shape index (κ3) is 4.73. The normalized spacial score (nSPS) is 20.8. The van der Waals surface area contributed by atoms with Crippen LogP contribution in [-0.4, -0.2) is 55.3 Å². The molecule has 5 rings (SSSR count). The number of rotatable bonds is 4. The van der Waals surface area contributed by atoms with Crippen LogP contribution in [0.2, 0.25) is 0 Å². The summed E-state index contributed by atoms with van der Waals surface area (Å²) in [6.45, 7) is 8.10. The van der Waals surface area contributed by atoms with Crippen LogP contribution in [0.1, 0.15) is 35.1 Å². The van der Waals surface area contributed by atoms with Crippen LogP contribution in [0.15, 0.2) is 54.9 Å². The van der Waals surface area contributed by atoms with Crippen molar-refractivity contribution in [2.75, 3.05) is 39.5 Å². The summed E-state index contributed by atoms with van der Waals surface area (Å²) < 4.78 is 11.7. The Bertz CT molecular complexity index is 1150. The van der Waals surface area contributed by atoms with Crippen molar-refractivity contribution >= 4 is 16.7 Å². The first-order valence-electron chi connectivity index (χ1n) is 12.4. The van der Waals surface area contributed by atoms with Crippen molar-refractivity contribution < 1.29 is 14.3 Å². The number of hydrogen-bond acceptors (Lipinski definition) is 4. The van der Waals surface area contributed by atoms with Crippen LogP contribution in [0.4, 0.5) is 0 Å². The van der Waals surface area contributed by atoms with Crippen molar-refractivity contribution in [1.29, 1.82) is 0 Å². The van der Waals surface area contributed by atoms with Gasteiger partial charge in [0, 0.05) is 50.0 Å². The second kappa shape index (κ2) is 9.85. The van der Waals surface area contributed by atoms with E-state index < -0.39 is 5.41 Å². The average molecular weight is 459 g/mol. The Morgan fingerprint density at radius 2 is 1.79 bits per heavy atom. The van der Waals surface area contributed by atoms with E-state index in [0.29, 0.717) is 33.0 Å². The van der Waals surface area contributed by atoms with E-state index >= 15 is 0 Å². The van der Waals surface area contributed by atoms with Gasteiger partial charge in [0.15, 0.2) is 0 Å². The van der Waals surface area contributed by atoms with Gasteiger partial charge in [0.05, 0.1) is 18.6 Å². The predicted molar refractivity (Wildman–Crippen MR) is 134 cm³/mol. The van der Waals surface area contributed by atoms with Crippen molar-refractivity contribution in [3.05, 3.63) is 77.1 Å². The molecule has 2 aliphatic rings. The molecular formula is C29H34N2O3. The molecule has 34 heavy (non-hydrogen) atoms. The number of fused-ring (bicyclic) bond motifs is 1. The van der Waals surface area contributed by atoms with Gasteiger partial charge in [0.1, 0.15) is 0 Å². The summed E-state index contributed by atoms with van der Waals surface area (Å²) in [6, 6.07) is 15.2. The smallest absolute Gasteiger partial charge is 0.233 e. The Morgan fingerprint density at radius 3 is 2.59 bits per heavy atom. The fourth-order valence-corrected chi connectivity index (χ4v) is 5.68. The van der Waals surface area contributed by atoms with Gasteiger partial charge in [-0.25, -0.2) is 0 Å². The molecule has 0 unspecified atom stereocenters. The van der Waals surface area contributed by atoms with Gasteiger partial charge < -0.3 is 14.4 Å². The summed E-state index contributed by atoms with van der Waals surface area (Å²) in [7, 11) is 0. The maximum absolute atomic E-state index is 14.2.